The molecule has 0 saturated carbocycles. The first-order chi connectivity index (χ1) is 17.0. The molecule has 0 bridgehead atoms. The van der Waals surface area contributed by atoms with Gasteiger partial charge in [0.25, 0.3) is 5.91 Å². The van der Waals surface area contributed by atoms with Gasteiger partial charge in [0, 0.05) is 37.5 Å². The molecule has 0 spiro atoms. The number of amides is 1. The van der Waals surface area contributed by atoms with Gasteiger partial charge in [0.05, 0.1) is 24.2 Å². The van der Waals surface area contributed by atoms with Crippen molar-refractivity contribution in [3.05, 3.63) is 45.4 Å². The van der Waals surface area contributed by atoms with Gasteiger partial charge in [-0.2, -0.15) is 0 Å². The van der Waals surface area contributed by atoms with Gasteiger partial charge in [0.2, 0.25) is 0 Å². The van der Waals surface area contributed by atoms with Crippen LogP contribution in [-0.2, 0) is 22.6 Å². The van der Waals surface area contributed by atoms with Crippen LogP contribution in [0.3, 0.4) is 0 Å². The van der Waals surface area contributed by atoms with Gasteiger partial charge < -0.3 is 37.0 Å². The summed E-state index contributed by atoms with van der Waals surface area (Å²) < 4.78 is 0. The zero-order valence-corrected chi connectivity index (χ0v) is 20.8. The van der Waals surface area contributed by atoms with Crippen LogP contribution in [0, 0.1) is 17.8 Å². The zero-order valence-electron chi connectivity index (χ0n) is 20.8. The Morgan fingerprint density at radius 2 is 1.78 bits per heavy atom. The molecule has 4 atom stereocenters. The van der Waals surface area contributed by atoms with Crippen molar-refractivity contribution in [3.63, 3.8) is 0 Å². The lowest BCUT2D eigenvalue weighted by Gasteiger charge is -2.46. The highest BCUT2D eigenvalue weighted by atomic mass is 16.3. The second kappa shape index (κ2) is 9.23. The number of ketones is 2. The van der Waals surface area contributed by atoms with E-state index in [9.17, 15) is 29.7 Å². The van der Waals surface area contributed by atoms with E-state index in [1.54, 1.807) is 25.1 Å². The molecule has 3 aliphatic rings. The smallest absolute Gasteiger partial charge is 0.259 e. The van der Waals surface area contributed by atoms with Crippen molar-refractivity contribution < 1.29 is 29.7 Å². The lowest BCUT2D eigenvalue weighted by Crippen LogP contribution is -2.53. The number of hydrogen-bond donors (Lipinski definition) is 6. The van der Waals surface area contributed by atoms with Crippen LogP contribution < -0.4 is 21.7 Å². The molecule has 194 valence electrons. The van der Waals surface area contributed by atoms with E-state index in [0.717, 1.165) is 5.69 Å². The van der Waals surface area contributed by atoms with E-state index in [1.165, 1.54) is 0 Å². The number of aliphatic hydroxyl groups is 2. The number of phenolic OH excluding ortho intramolecular Hbond substituents is 1. The number of rotatable bonds is 5. The second-order valence-electron chi connectivity index (χ2n) is 10.0. The highest BCUT2D eigenvalue weighted by Gasteiger charge is 2.54. The number of benzene rings is 1. The summed E-state index contributed by atoms with van der Waals surface area (Å²) in [7, 11) is 7.08. The highest BCUT2D eigenvalue weighted by Crippen LogP contribution is 2.51. The van der Waals surface area contributed by atoms with E-state index in [2.05, 4.69) is 5.32 Å². The topological polar surface area (TPSA) is 182 Å². The fourth-order valence-electron chi connectivity index (χ4n) is 6.09. The van der Waals surface area contributed by atoms with Crippen LogP contribution in [0.2, 0.25) is 0 Å². The number of anilines is 1. The summed E-state index contributed by atoms with van der Waals surface area (Å²) in [6.07, 6.45) is 0.654. The molecule has 0 fully saturated rings. The van der Waals surface area contributed by atoms with Gasteiger partial charge in [0.1, 0.15) is 22.8 Å². The summed E-state index contributed by atoms with van der Waals surface area (Å²) >= 11 is 0. The van der Waals surface area contributed by atoms with Gasteiger partial charge in [-0.3, -0.25) is 19.3 Å². The number of nitrogens with two attached hydrogens (primary N) is 2. The third-order valence-corrected chi connectivity index (χ3v) is 7.57. The Balaban J connectivity index is 1.91. The standard InChI is InChI=1S/C25H33N5O6/c1-29(2)14-7-11(8-26)20(31)16-12(14)5-10-6-13-17(22(33)15(10)21(16)32)23(34)18(25(36)28-9-27)24(35)19(13)30(3)4/h7,10,13,17,19,31,33,35H,5-6,8-9,26-27H2,1-4H3,(H,28,36)/t10?,13?,17?,19-/m0/s1. The number of hydrogen-bond acceptors (Lipinski definition) is 10. The number of allylic oxidation sites excluding steroid dienone is 2. The van der Waals surface area contributed by atoms with Crippen molar-refractivity contribution in [2.75, 3.05) is 39.8 Å². The number of carbonyl (C=O) groups is 3. The quantitative estimate of drug-likeness (QED) is 0.240. The van der Waals surface area contributed by atoms with E-state index in [4.69, 9.17) is 11.5 Å². The van der Waals surface area contributed by atoms with E-state index in [1.807, 2.05) is 19.0 Å². The first-order valence-electron chi connectivity index (χ1n) is 11.8. The SMILES string of the molecule is CN(C)c1cc(CN)c(O)c2c1CC1CC3C(C(=O)C(C(=O)NCN)=C(O)[C@H]3N(C)C)C(O)=C1C2=O. The Morgan fingerprint density at radius 3 is 2.33 bits per heavy atom. The number of Topliss-reactive ketones (excluding diaryl/α,β-unsaturated/α-hetero) is 2. The lowest BCUT2D eigenvalue weighted by atomic mass is 9.60. The predicted octanol–water partition coefficient (Wildman–Crippen LogP) is 0.0775. The summed E-state index contributed by atoms with van der Waals surface area (Å²) in [6.45, 7) is -0.232. The van der Waals surface area contributed by atoms with E-state index in [-0.39, 0.29) is 35.9 Å². The number of nitrogens with one attached hydrogen (secondary N) is 1. The zero-order chi connectivity index (χ0) is 26.6. The molecule has 11 heteroatoms. The molecule has 11 nitrogen and oxygen atoms in total. The molecule has 3 aliphatic carbocycles. The van der Waals surface area contributed by atoms with Crippen molar-refractivity contribution in [1.82, 2.24) is 10.2 Å². The van der Waals surface area contributed by atoms with Crippen LogP contribution in [0.25, 0.3) is 0 Å². The number of fused-ring (bicyclic) bond motifs is 3. The number of aromatic hydroxyl groups is 1. The Bertz CT molecular complexity index is 1220. The fourth-order valence-corrected chi connectivity index (χ4v) is 6.09. The molecule has 0 aliphatic heterocycles. The number of carbonyl (C=O) groups excluding carboxylic acids is 3. The van der Waals surface area contributed by atoms with Crippen LogP contribution in [-0.4, -0.2) is 78.6 Å². The Morgan fingerprint density at radius 1 is 1.11 bits per heavy atom. The molecular formula is C25H33N5O6. The van der Waals surface area contributed by atoms with Crippen molar-refractivity contribution in [2.24, 2.45) is 29.2 Å². The number of phenols is 1. The second-order valence-corrected chi connectivity index (χ2v) is 10.0. The molecule has 0 radical (unpaired) electrons. The van der Waals surface area contributed by atoms with Crippen LogP contribution in [0.1, 0.15) is 27.9 Å². The minimum Gasteiger partial charge on any atom is -0.511 e. The van der Waals surface area contributed by atoms with Gasteiger partial charge in [0.15, 0.2) is 11.6 Å². The highest BCUT2D eigenvalue weighted by molar-refractivity contribution is 6.22. The van der Waals surface area contributed by atoms with Gasteiger partial charge in [-0.25, -0.2) is 0 Å². The summed E-state index contributed by atoms with van der Waals surface area (Å²) in [6, 6.07) is 1.01. The maximum atomic E-state index is 13.8. The summed E-state index contributed by atoms with van der Waals surface area (Å²) in [5.74, 6) is -5.42. The molecule has 0 heterocycles. The molecule has 0 aromatic heterocycles. The van der Waals surface area contributed by atoms with Gasteiger partial charge in [-0.05, 0) is 50.4 Å². The van der Waals surface area contributed by atoms with Crippen LogP contribution in [0.15, 0.2) is 28.7 Å². The summed E-state index contributed by atoms with van der Waals surface area (Å²) in [5.41, 5.74) is 12.7. The largest absolute Gasteiger partial charge is 0.511 e. The van der Waals surface area contributed by atoms with Gasteiger partial charge in [-0.15, -0.1) is 0 Å². The first kappa shape index (κ1) is 25.7. The molecule has 1 amide bonds. The lowest BCUT2D eigenvalue weighted by molar-refractivity contribution is -0.128. The van der Waals surface area contributed by atoms with Crippen molar-refractivity contribution in [2.45, 2.75) is 25.4 Å². The molecule has 4 rings (SSSR count). The summed E-state index contributed by atoms with van der Waals surface area (Å²) in [5, 5.41) is 35.6. The van der Waals surface area contributed by atoms with Gasteiger partial charge in [-0.1, -0.05) is 0 Å². The molecule has 1 aromatic rings. The van der Waals surface area contributed by atoms with Gasteiger partial charge >= 0.3 is 0 Å². The minimum absolute atomic E-state index is 0.0130. The van der Waals surface area contributed by atoms with E-state index in [0.29, 0.717) is 24.0 Å². The monoisotopic (exact) mass is 499 g/mol. The van der Waals surface area contributed by atoms with Crippen LogP contribution in [0.5, 0.6) is 5.75 Å². The fraction of sp³-hybridized carbons (Fsp3) is 0.480. The minimum atomic E-state index is -1.20. The maximum absolute atomic E-state index is 13.8. The average molecular weight is 500 g/mol. The molecule has 1 aromatic carbocycles. The van der Waals surface area contributed by atoms with Crippen molar-refractivity contribution >= 4 is 23.2 Å². The molecule has 0 saturated heterocycles. The van der Waals surface area contributed by atoms with Crippen molar-refractivity contribution in [3.8, 4) is 5.75 Å². The maximum Gasteiger partial charge on any atom is 0.259 e. The molecule has 36 heavy (non-hydrogen) atoms. The number of aliphatic hydroxyl groups excluding tert-OH is 2. The average Bonchev–Trinajstić information content (AvgIpc) is 2.78. The Labute approximate surface area is 209 Å². The van der Waals surface area contributed by atoms with E-state index < -0.39 is 52.6 Å². The summed E-state index contributed by atoms with van der Waals surface area (Å²) in [4.78, 5) is 43.4. The predicted molar refractivity (Wildman–Crippen MR) is 132 cm³/mol. The van der Waals surface area contributed by atoms with E-state index >= 15 is 0 Å². The normalized spacial score (nSPS) is 25.5. The van der Waals surface area contributed by atoms with Crippen molar-refractivity contribution in [1.29, 1.82) is 0 Å². The molecule has 3 unspecified atom stereocenters. The number of nitrogens with zero attached hydrogens (tertiary/aromatic N) is 2. The number of likely N-dealkylation sites (N-methyl/N-ethyl adjacent to an activating group) is 1. The van der Waals surface area contributed by atoms with Crippen LogP contribution >= 0.6 is 0 Å². The third-order valence-electron chi connectivity index (χ3n) is 7.57. The molecular weight excluding hydrogens is 466 g/mol. The first-order valence-corrected chi connectivity index (χ1v) is 11.8. The third kappa shape index (κ3) is 3.66. The van der Waals surface area contributed by atoms with Crippen LogP contribution in [0.4, 0.5) is 5.69 Å². The Hall–Kier alpha value is -3.41. The Kier molecular flexibility index (Phi) is 6.58. The molecule has 8 N–H and O–H groups in total.